The third-order valence-electron chi connectivity index (χ3n) is 4.44. The zero-order chi connectivity index (χ0) is 13.5. The van der Waals surface area contributed by atoms with Crippen molar-refractivity contribution in [2.24, 2.45) is 5.92 Å². The lowest BCUT2D eigenvalue weighted by Gasteiger charge is -2.32. The molecule has 2 fully saturated rings. The Morgan fingerprint density at radius 1 is 1.05 bits per heavy atom. The van der Waals surface area contributed by atoms with Crippen molar-refractivity contribution in [3.8, 4) is 0 Å². The third-order valence-corrected chi connectivity index (χ3v) is 4.44. The Morgan fingerprint density at radius 2 is 1.74 bits per heavy atom. The maximum Gasteiger partial charge on any atom is 0.0625 e. The standard InChI is InChI=1S/C16H31NO2/c1-13-10-16(11-14(2)19-13)18-9-8-17-12-15-6-4-3-5-7-15/h13-17H,3-12H2,1-2H3. The normalized spacial score (nSPS) is 33.5. The van der Waals surface area contributed by atoms with Gasteiger partial charge in [-0.2, -0.15) is 0 Å². The van der Waals surface area contributed by atoms with Crippen molar-refractivity contribution < 1.29 is 9.47 Å². The van der Waals surface area contributed by atoms with Crippen molar-refractivity contribution in [2.45, 2.75) is 77.1 Å². The molecule has 19 heavy (non-hydrogen) atoms. The SMILES string of the molecule is CC1CC(OCCNCC2CCCCC2)CC(C)O1. The Morgan fingerprint density at radius 3 is 2.42 bits per heavy atom. The zero-order valence-electron chi connectivity index (χ0n) is 12.7. The van der Waals surface area contributed by atoms with Gasteiger partial charge in [-0.1, -0.05) is 19.3 Å². The molecule has 1 aliphatic carbocycles. The van der Waals surface area contributed by atoms with Crippen molar-refractivity contribution in [3.05, 3.63) is 0 Å². The van der Waals surface area contributed by atoms with Crippen LogP contribution < -0.4 is 5.32 Å². The van der Waals surface area contributed by atoms with Gasteiger partial charge in [-0.25, -0.2) is 0 Å². The number of hydrogen-bond acceptors (Lipinski definition) is 3. The van der Waals surface area contributed by atoms with Gasteiger partial charge < -0.3 is 14.8 Å². The molecule has 0 aromatic heterocycles. The van der Waals surface area contributed by atoms with Gasteiger partial charge in [0.1, 0.15) is 0 Å². The Hall–Kier alpha value is -0.120. The summed E-state index contributed by atoms with van der Waals surface area (Å²) in [6.07, 6.45) is 10.3. The Labute approximate surface area is 118 Å². The summed E-state index contributed by atoms with van der Waals surface area (Å²) in [6, 6.07) is 0. The van der Waals surface area contributed by atoms with Gasteiger partial charge in [0.25, 0.3) is 0 Å². The fourth-order valence-electron chi connectivity index (χ4n) is 3.48. The molecule has 112 valence electrons. The molecule has 0 radical (unpaired) electrons. The molecule has 1 N–H and O–H groups in total. The first-order valence-electron chi connectivity index (χ1n) is 8.22. The van der Waals surface area contributed by atoms with Crippen molar-refractivity contribution >= 4 is 0 Å². The number of hydrogen-bond donors (Lipinski definition) is 1. The molecule has 1 saturated carbocycles. The average molecular weight is 269 g/mol. The molecular weight excluding hydrogens is 238 g/mol. The molecule has 0 spiro atoms. The summed E-state index contributed by atoms with van der Waals surface area (Å²) in [5.41, 5.74) is 0. The first-order chi connectivity index (χ1) is 9.24. The summed E-state index contributed by atoms with van der Waals surface area (Å²) in [5.74, 6) is 0.914. The molecule has 3 heteroatoms. The van der Waals surface area contributed by atoms with E-state index in [2.05, 4.69) is 19.2 Å². The molecule has 0 aromatic carbocycles. The summed E-state index contributed by atoms with van der Waals surface area (Å²) in [6.45, 7) is 7.32. The zero-order valence-corrected chi connectivity index (χ0v) is 12.7. The van der Waals surface area contributed by atoms with Crippen LogP contribution in [0.5, 0.6) is 0 Å². The van der Waals surface area contributed by atoms with Crippen LogP contribution in [0.25, 0.3) is 0 Å². The molecule has 3 nitrogen and oxygen atoms in total. The minimum atomic E-state index is 0.351. The van der Waals surface area contributed by atoms with E-state index in [9.17, 15) is 0 Å². The van der Waals surface area contributed by atoms with Crippen LogP contribution in [0.4, 0.5) is 0 Å². The molecule has 2 unspecified atom stereocenters. The highest BCUT2D eigenvalue weighted by atomic mass is 16.5. The summed E-state index contributed by atoms with van der Waals surface area (Å²) in [5, 5.41) is 3.56. The molecule has 0 bridgehead atoms. The van der Waals surface area contributed by atoms with Gasteiger partial charge in [0.2, 0.25) is 0 Å². The highest BCUT2D eigenvalue weighted by Crippen LogP contribution is 2.23. The van der Waals surface area contributed by atoms with E-state index in [1.54, 1.807) is 0 Å². The van der Waals surface area contributed by atoms with E-state index >= 15 is 0 Å². The van der Waals surface area contributed by atoms with Crippen LogP contribution in [0.3, 0.4) is 0 Å². The predicted molar refractivity (Wildman–Crippen MR) is 78.4 cm³/mol. The van der Waals surface area contributed by atoms with Crippen molar-refractivity contribution in [3.63, 3.8) is 0 Å². The molecule has 1 saturated heterocycles. The number of rotatable bonds is 6. The lowest BCUT2D eigenvalue weighted by Crippen LogP contribution is -2.35. The maximum absolute atomic E-state index is 5.97. The van der Waals surface area contributed by atoms with Gasteiger partial charge in [0.15, 0.2) is 0 Å². The summed E-state index contributed by atoms with van der Waals surface area (Å²) < 4.78 is 11.7. The minimum absolute atomic E-state index is 0.351. The van der Waals surface area contributed by atoms with E-state index in [4.69, 9.17) is 9.47 Å². The first kappa shape index (κ1) is 15.3. The molecule has 1 heterocycles. The summed E-state index contributed by atoms with van der Waals surface area (Å²) in [7, 11) is 0. The lowest BCUT2D eigenvalue weighted by molar-refractivity contribution is -0.101. The van der Waals surface area contributed by atoms with E-state index in [0.29, 0.717) is 18.3 Å². The first-order valence-corrected chi connectivity index (χ1v) is 8.22. The topological polar surface area (TPSA) is 30.5 Å². The number of nitrogens with one attached hydrogen (secondary N) is 1. The largest absolute Gasteiger partial charge is 0.377 e. The van der Waals surface area contributed by atoms with Crippen molar-refractivity contribution in [1.82, 2.24) is 5.32 Å². The molecule has 0 amide bonds. The average Bonchev–Trinajstić information content (AvgIpc) is 2.38. The Balaban J connectivity index is 1.49. The Bertz CT molecular complexity index is 231. The van der Waals surface area contributed by atoms with Gasteiger partial charge in [-0.3, -0.25) is 0 Å². The fraction of sp³-hybridized carbons (Fsp3) is 1.00. The van der Waals surface area contributed by atoms with Crippen LogP contribution in [0.15, 0.2) is 0 Å². The highest BCUT2D eigenvalue weighted by molar-refractivity contribution is 4.74. The molecule has 2 rings (SSSR count). The van der Waals surface area contributed by atoms with Gasteiger partial charge in [0.05, 0.1) is 24.9 Å². The van der Waals surface area contributed by atoms with Crippen LogP contribution in [-0.4, -0.2) is 38.0 Å². The molecule has 1 aliphatic heterocycles. The lowest BCUT2D eigenvalue weighted by atomic mass is 9.89. The molecule has 2 atom stereocenters. The van der Waals surface area contributed by atoms with Gasteiger partial charge >= 0.3 is 0 Å². The van der Waals surface area contributed by atoms with Crippen LogP contribution in [0, 0.1) is 5.92 Å². The van der Waals surface area contributed by atoms with Crippen molar-refractivity contribution in [1.29, 1.82) is 0 Å². The van der Waals surface area contributed by atoms with Crippen LogP contribution >= 0.6 is 0 Å². The van der Waals surface area contributed by atoms with Gasteiger partial charge in [-0.05, 0) is 52.0 Å². The van der Waals surface area contributed by atoms with Crippen LogP contribution in [-0.2, 0) is 9.47 Å². The van der Waals surface area contributed by atoms with Crippen molar-refractivity contribution in [2.75, 3.05) is 19.7 Å². The van der Waals surface area contributed by atoms with E-state index in [1.165, 1.54) is 38.6 Å². The second-order valence-corrected chi connectivity index (χ2v) is 6.43. The Kier molecular flexibility index (Phi) is 6.62. The van der Waals surface area contributed by atoms with E-state index < -0.39 is 0 Å². The highest BCUT2D eigenvalue weighted by Gasteiger charge is 2.24. The summed E-state index contributed by atoms with van der Waals surface area (Å²) >= 11 is 0. The number of ether oxygens (including phenoxy) is 2. The van der Waals surface area contributed by atoms with Gasteiger partial charge in [0, 0.05) is 6.54 Å². The van der Waals surface area contributed by atoms with Crippen LogP contribution in [0.1, 0.15) is 58.8 Å². The quantitative estimate of drug-likeness (QED) is 0.752. The fourth-order valence-corrected chi connectivity index (χ4v) is 3.48. The minimum Gasteiger partial charge on any atom is -0.377 e. The summed E-state index contributed by atoms with van der Waals surface area (Å²) in [4.78, 5) is 0. The molecule has 0 aromatic rings. The van der Waals surface area contributed by atoms with E-state index in [1.807, 2.05) is 0 Å². The van der Waals surface area contributed by atoms with E-state index in [0.717, 1.165) is 31.9 Å². The van der Waals surface area contributed by atoms with Gasteiger partial charge in [-0.15, -0.1) is 0 Å². The smallest absolute Gasteiger partial charge is 0.0625 e. The molecular formula is C16H31NO2. The molecule has 2 aliphatic rings. The second kappa shape index (κ2) is 8.23. The van der Waals surface area contributed by atoms with Crippen LogP contribution in [0.2, 0.25) is 0 Å². The van der Waals surface area contributed by atoms with E-state index in [-0.39, 0.29) is 0 Å². The maximum atomic E-state index is 5.97. The monoisotopic (exact) mass is 269 g/mol. The third kappa shape index (κ3) is 5.80. The second-order valence-electron chi connectivity index (χ2n) is 6.43. The predicted octanol–water partition coefficient (Wildman–Crippen LogP) is 3.13.